The molecule has 0 fully saturated rings. The van der Waals surface area contributed by atoms with Crippen LogP contribution >= 0.6 is 11.6 Å². The van der Waals surface area contributed by atoms with Crippen molar-refractivity contribution in [3.05, 3.63) is 36.5 Å². The SMILES string of the molecule is CC(C)CC(Cl)CNc1ccnc2ccccc12. The molecule has 0 spiro atoms. The second-order valence-electron chi connectivity index (χ2n) is 4.98. The van der Waals surface area contributed by atoms with Crippen LogP contribution in [0.5, 0.6) is 0 Å². The quantitative estimate of drug-likeness (QED) is 0.813. The van der Waals surface area contributed by atoms with Gasteiger partial charge in [-0.1, -0.05) is 32.0 Å². The number of hydrogen-bond acceptors (Lipinski definition) is 2. The molecule has 1 unspecified atom stereocenters. The predicted octanol–water partition coefficient (Wildman–Crippen LogP) is 4.30. The third-order valence-corrected chi connectivity index (χ3v) is 3.22. The molecular formula is C15H19ClN2. The summed E-state index contributed by atoms with van der Waals surface area (Å²) >= 11 is 6.30. The van der Waals surface area contributed by atoms with Crippen molar-refractivity contribution in [3.63, 3.8) is 0 Å². The van der Waals surface area contributed by atoms with Crippen molar-refractivity contribution in [2.45, 2.75) is 25.6 Å². The van der Waals surface area contributed by atoms with Gasteiger partial charge in [-0.2, -0.15) is 0 Å². The van der Waals surface area contributed by atoms with Crippen LogP contribution in [-0.2, 0) is 0 Å². The maximum absolute atomic E-state index is 6.30. The fourth-order valence-electron chi connectivity index (χ4n) is 2.07. The second kappa shape index (κ2) is 6.05. The summed E-state index contributed by atoms with van der Waals surface area (Å²) in [7, 11) is 0. The van der Waals surface area contributed by atoms with Crippen molar-refractivity contribution in [1.82, 2.24) is 4.98 Å². The third kappa shape index (κ3) is 3.36. The summed E-state index contributed by atoms with van der Waals surface area (Å²) < 4.78 is 0. The van der Waals surface area contributed by atoms with Crippen LogP contribution in [0.15, 0.2) is 36.5 Å². The van der Waals surface area contributed by atoms with Gasteiger partial charge in [0.25, 0.3) is 0 Å². The average molecular weight is 263 g/mol. The molecule has 0 saturated carbocycles. The summed E-state index contributed by atoms with van der Waals surface area (Å²) in [4.78, 5) is 4.34. The van der Waals surface area contributed by atoms with Crippen molar-refractivity contribution in [1.29, 1.82) is 0 Å². The van der Waals surface area contributed by atoms with Crippen LogP contribution in [0.3, 0.4) is 0 Å². The highest BCUT2D eigenvalue weighted by Gasteiger charge is 2.08. The third-order valence-electron chi connectivity index (χ3n) is 2.89. The van der Waals surface area contributed by atoms with E-state index in [2.05, 4.69) is 30.2 Å². The van der Waals surface area contributed by atoms with E-state index in [0.717, 1.165) is 29.6 Å². The van der Waals surface area contributed by atoms with E-state index in [-0.39, 0.29) is 5.38 Å². The number of pyridine rings is 1. The number of halogens is 1. The number of hydrogen-bond donors (Lipinski definition) is 1. The summed E-state index contributed by atoms with van der Waals surface area (Å²) in [5.74, 6) is 0.628. The van der Waals surface area contributed by atoms with E-state index in [0.29, 0.717) is 5.92 Å². The molecule has 2 rings (SSSR count). The Balaban J connectivity index is 2.08. The molecule has 1 aromatic carbocycles. The van der Waals surface area contributed by atoms with Crippen LogP contribution < -0.4 is 5.32 Å². The minimum atomic E-state index is 0.164. The van der Waals surface area contributed by atoms with Crippen molar-refractivity contribution >= 4 is 28.2 Å². The Morgan fingerprint density at radius 2 is 2.00 bits per heavy atom. The van der Waals surface area contributed by atoms with Gasteiger partial charge in [-0.15, -0.1) is 11.6 Å². The van der Waals surface area contributed by atoms with E-state index < -0.39 is 0 Å². The molecule has 1 aromatic heterocycles. The molecule has 96 valence electrons. The largest absolute Gasteiger partial charge is 0.383 e. The Labute approximate surface area is 113 Å². The van der Waals surface area contributed by atoms with Crippen LogP contribution in [0, 0.1) is 5.92 Å². The number of alkyl halides is 1. The molecule has 0 amide bonds. The fraction of sp³-hybridized carbons (Fsp3) is 0.400. The summed E-state index contributed by atoms with van der Waals surface area (Å²) in [5, 5.41) is 4.73. The number of anilines is 1. The lowest BCUT2D eigenvalue weighted by atomic mass is 10.1. The summed E-state index contributed by atoms with van der Waals surface area (Å²) in [6.07, 6.45) is 2.86. The van der Waals surface area contributed by atoms with Crippen LogP contribution in [0.2, 0.25) is 0 Å². The van der Waals surface area contributed by atoms with Crippen LogP contribution in [-0.4, -0.2) is 16.9 Å². The van der Waals surface area contributed by atoms with Gasteiger partial charge in [0, 0.05) is 23.8 Å². The number of benzene rings is 1. The summed E-state index contributed by atoms with van der Waals surface area (Å²) in [6, 6.07) is 10.1. The molecule has 1 N–H and O–H groups in total. The number of nitrogens with one attached hydrogen (secondary N) is 1. The smallest absolute Gasteiger partial charge is 0.0722 e. The van der Waals surface area contributed by atoms with Crippen LogP contribution in [0.25, 0.3) is 10.9 Å². The molecule has 1 atom stereocenters. The Morgan fingerprint density at radius 1 is 1.22 bits per heavy atom. The van der Waals surface area contributed by atoms with E-state index in [4.69, 9.17) is 11.6 Å². The highest BCUT2D eigenvalue weighted by molar-refractivity contribution is 6.21. The van der Waals surface area contributed by atoms with Crippen molar-refractivity contribution in [3.8, 4) is 0 Å². The van der Waals surface area contributed by atoms with Gasteiger partial charge >= 0.3 is 0 Å². The molecule has 2 nitrogen and oxygen atoms in total. The second-order valence-corrected chi connectivity index (χ2v) is 5.60. The zero-order chi connectivity index (χ0) is 13.0. The van der Waals surface area contributed by atoms with Gasteiger partial charge in [0.2, 0.25) is 0 Å². The first-order valence-corrected chi connectivity index (χ1v) is 6.82. The van der Waals surface area contributed by atoms with Crippen molar-refractivity contribution < 1.29 is 0 Å². The maximum atomic E-state index is 6.30. The van der Waals surface area contributed by atoms with Gasteiger partial charge in [0.05, 0.1) is 10.9 Å². The van der Waals surface area contributed by atoms with Gasteiger partial charge in [0.15, 0.2) is 0 Å². The van der Waals surface area contributed by atoms with Crippen LogP contribution in [0.1, 0.15) is 20.3 Å². The minimum absolute atomic E-state index is 0.164. The first-order chi connectivity index (χ1) is 8.66. The lowest BCUT2D eigenvalue weighted by Gasteiger charge is -2.14. The van der Waals surface area contributed by atoms with Crippen molar-refractivity contribution in [2.75, 3.05) is 11.9 Å². The molecule has 0 radical (unpaired) electrons. The summed E-state index contributed by atoms with van der Waals surface area (Å²) in [6.45, 7) is 5.17. The van der Waals surface area contributed by atoms with Crippen molar-refractivity contribution in [2.24, 2.45) is 5.92 Å². The van der Waals surface area contributed by atoms with Gasteiger partial charge in [-0.3, -0.25) is 4.98 Å². The van der Waals surface area contributed by atoms with Gasteiger partial charge < -0.3 is 5.32 Å². The zero-order valence-electron chi connectivity index (χ0n) is 10.9. The van der Waals surface area contributed by atoms with Gasteiger partial charge in [0.1, 0.15) is 0 Å². The molecule has 3 heteroatoms. The monoisotopic (exact) mass is 262 g/mol. The lowest BCUT2D eigenvalue weighted by Crippen LogP contribution is -2.16. The summed E-state index contributed by atoms with van der Waals surface area (Å²) in [5.41, 5.74) is 2.12. The van der Waals surface area contributed by atoms with Gasteiger partial charge in [-0.25, -0.2) is 0 Å². The number of fused-ring (bicyclic) bond motifs is 1. The molecule has 1 heterocycles. The van der Waals surface area contributed by atoms with E-state index in [1.54, 1.807) is 0 Å². The van der Waals surface area contributed by atoms with Gasteiger partial charge in [-0.05, 0) is 24.5 Å². The number of para-hydroxylation sites is 1. The fourth-order valence-corrected chi connectivity index (χ4v) is 2.50. The molecular weight excluding hydrogens is 244 g/mol. The molecule has 0 aliphatic rings. The standard InChI is InChI=1S/C15H19ClN2/c1-11(2)9-12(16)10-18-15-7-8-17-14-6-4-3-5-13(14)15/h3-8,11-12H,9-10H2,1-2H3,(H,17,18). The highest BCUT2D eigenvalue weighted by Crippen LogP contribution is 2.21. The predicted molar refractivity (Wildman–Crippen MR) is 79.3 cm³/mol. The molecule has 0 bridgehead atoms. The Bertz CT molecular complexity index is 505. The Morgan fingerprint density at radius 3 is 2.78 bits per heavy atom. The lowest BCUT2D eigenvalue weighted by molar-refractivity contribution is 0.572. The molecule has 0 aliphatic heterocycles. The topological polar surface area (TPSA) is 24.9 Å². The molecule has 18 heavy (non-hydrogen) atoms. The number of rotatable bonds is 5. The van der Waals surface area contributed by atoms with E-state index in [9.17, 15) is 0 Å². The average Bonchev–Trinajstić information content (AvgIpc) is 2.35. The maximum Gasteiger partial charge on any atom is 0.0722 e. The first-order valence-electron chi connectivity index (χ1n) is 6.38. The zero-order valence-corrected chi connectivity index (χ0v) is 11.6. The molecule has 0 aliphatic carbocycles. The minimum Gasteiger partial charge on any atom is -0.383 e. The first kappa shape index (κ1) is 13.2. The van der Waals surface area contributed by atoms with Crippen LogP contribution in [0.4, 0.5) is 5.69 Å². The number of aromatic nitrogens is 1. The van der Waals surface area contributed by atoms with E-state index in [1.165, 1.54) is 0 Å². The Hall–Kier alpha value is -1.28. The van der Waals surface area contributed by atoms with E-state index in [1.807, 2.05) is 30.5 Å². The Kier molecular flexibility index (Phi) is 4.43. The molecule has 0 saturated heterocycles. The highest BCUT2D eigenvalue weighted by atomic mass is 35.5. The normalized spacial score (nSPS) is 12.9. The van der Waals surface area contributed by atoms with E-state index >= 15 is 0 Å². The number of nitrogens with zero attached hydrogens (tertiary/aromatic N) is 1. The molecule has 2 aromatic rings.